The van der Waals surface area contributed by atoms with Gasteiger partial charge >= 0.3 is 0 Å². The van der Waals surface area contributed by atoms with Gasteiger partial charge in [-0.15, -0.1) is 0 Å². The summed E-state index contributed by atoms with van der Waals surface area (Å²) in [5, 5.41) is 19.4. The van der Waals surface area contributed by atoms with Crippen LogP contribution in [0.5, 0.6) is 0 Å². The third kappa shape index (κ3) is 5.65. The van der Waals surface area contributed by atoms with Crippen molar-refractivity contribution in [2.75, 3.05) is 26.2 Å². The summed E-state index contributed by atoms with van der Waals surface area (Å²) in [4.78, 5) is 37.7. The molecule has 10 nitrogen and oxygen atoms in total. The molecule has 0 aromatic carbocycles. The van der Waals surface area contributed by atoms with Gasteiger partial charge in [0.25, 0.3) is 0 Å². The van der Waals surface area contributed by atoms with Gasteiger partial charge < -0.3 is 38.3 Å². The summed E-state index contributed by atoms with van der Waals surface area (Å²) in [7, 11) is 0. The zero-order valence-electron chi connectivity index (χ0n) is 24.8. The Labute approximate surface area is 239 Å². The summed E-state index contributed by atoms with van der Waals surface area (Å²) in [6.45, 7) is 7.19. The van der Waals surface area contributed by atoms with Gasteiger partial charge in [-0.3, -0.25) is 14.4 Å². The third-order valence-corrected chi connectivity index (χ3v) is 12.0. The second-order valence-electron chi connectivity index (χ2n) is 13.8. The molecule has 228 valence electrons. The first-order valence-corrected chi connectivity index (χ1v) is 15.6. The molecular weight excluding hydrogens is 508 g/mol. The van der Waals surface area contributed by atoms with E-state index in [0.29, 0.717) is 29.6 Å². The van der Waals surface area contributed by atoms with Crippen molar-refractivity contribution in [2.24, 2.45) is 63.5 Å². The monoisotopic (exact) mass is 562 g/mol. The topological polar surface area (TPSA) is 186 Å². The van der Waals surface area contributed by atoms with E-state index in [1.165, 1.54) is 0 Å². The molecule has 3 amide bonds. The average molecular weight is 563 g/mol. The minimum absolute atomic E-state index is 0.00465. The van der Waals surface area contributed by atoms with Crippen LogP contribution in [-0.2, 0) is 14.4 Å². The zero-order valence-corrected chi connectivity index (χ0v) is 24.8. The number of amides is 3. The fourth-order valence-corrected chi connectivity index (χ4v) is 10.2. The maximum absolute atomic E-state index is 12.8. The van der Waals surface area contributed by atoms with Gasteiger partial charge in [0.2, 0.25) is 17.7 Å². The molecule has 4 aliphatic carbocycles. The molecule has 0 unspecified atom stereocenters. The van der Waals surface area contributed by atoms with Crippen molar-refractivity contribution < 1.29 is 19.5 Å². The van der Waals surface area contributed by atoms with Crippen molar-refractivity contribution >= 4 is 17.7 Å². The van der Waals surface area contributed by atoms with E-state index in [1.54, 1.807) is 0 Å². The van der Waals surface area contributed by atoms with Gasteiger partial charge in [0, 0.05) is 24.7 Å². The Morgan fingerprint density at radius 1 is 0.875 bits per heavy atom. The molecule has 4 saturated carbocycles. The van der Waals surface area contributed by atoms with Crippen LogP contribution in [0.1, 0.15) is 78.6 Å². The molecule has 0 aromatic rings. The fraction of sp³-hybridized carbons (Fsp3) is 0.900. The number of nitrogens with two attached hydrogens (primary N) is 3. The van der Waals surface area contributed by atoms with Crippen molar-refractivity contribution in [1.82, 2.24) is 16.0 Å². The molecule has 10 heteroatoms. The molecule has 0 aliphatic heterocycles. The highest BCUT2D eigenvalue weighted by atomic mass is 16.3. The standard InChI is InChI=1S/C30H54N6O4/c1-17(5-4-10-37)20-6-7-21-28-22(13-24(30(20,21)3)36-27(40)16-33)29(2)9-8-19(34-25(38)14-31)11-18(29)12-23(28)35-26(39)15-32/h17-24,28,37H,4-16,31-33H2,1-3H3,(H,34,38)(H,35,39)(H,36,40)/t17-,18+,19-,20-,21+,22+,23-,24+,28+,29+,30-/m1/s1. The van der Waals surface area contributed by atoms with Crippen LogP contribution in [0.2, 0.25) is 0 Å². The van der Waals surface area contributed by atoms with E-state index >= 15 is 0 Å². The van der Waals surface area contributed by atoms with E-state index in [1.807, 2.05) is 0 Å². The summed E-state index contributed by atoms with van der Waals surface area (Å²) in [5.74, 6) is 1.73. The van der Waals surface area contributed by atoms with E-state index in [4.69, 9.17) is 17.2 Å². The van der Waals surface area contributed by atoms with Gasteiger partial charge in [0.05, 0.1) is 19.6 Å². The van der Waals surface area contributed by atoms with Crippen LogP contribution in [0.3, 0.4) is 0 Å². The molecule has 0 aromatic heterocycles. The molecule has 0 radical (unpaired) electrons. The number of hydrogen-bond donors (Lipinski definition) is 7. The summed E-state index contributed by atoms with van der Waals surface area (Å²) < 4.78 is 0. The lowest BCUT2D eigenvalue weighted by molar-refractivity contribution is -0.153. The van der Waals surface area contributed by atoms with Crippen molar-refractivity contribution in [3.8, 4) is 0 Å². The Morgan fingerprint density at radius 2 is 1.52 bits per heavy atom. The minimum Gasteiger partial charge on any atom is -0.396 e. The molecule has 4 fully saturated rings. The highest BCUT2D eigenvalue weighted by Gasteiger charge is 2.66. The van der Waals surface area contributed by atoms with E-state index in [9.17, 15) is 19.5 Å². The number of rotatable bonds is 10. The van der Waals surface area contributed by atoms with Crippen LogP contribution in [0.4, 0.5) is 0 Å². The van der Waals surface area contributed by atoms with E-state index in [2.05, 4.69) is 36.7 Å². The number of carbonyl (C=O) groups is 3. The lowest BCUT2D eigenvalue weighted by Gasteiger charge is -2.65. The minimum atomic E-state index is -0.137. The Bertz CT molecular complexity index is 934. The summed E-state index contributed by atoms with van der Waals surface area (Å²) in [6.07, 6.45) is 8.36. The van der Waals surface area contributed by atoms with Crippen molar-refractivity contribution in [3.63, 3.8) is 0 Å². The molecule has 0 heterocycles. The molecule has 10 N–H and O–H groups in total. The molecule has 0 saturated heterocycles. The molecule has 4 aliphatic rings. The Kier molecular flexibility index (Phi) is 9.85. The quantitative estimate of drug-likeness (QED) is 0.203. The third-order valence-electron chi connectivity index (χ3n) is 12.0. The SMILES string of the molecule is C[C@H](CCCO)[C@H]1CC[C@H]2[C@@H]3[C@H](NC(=O)CN)C[C@@H]4C[C@H](NC(=O)CN)CC[C@]4(C)[C@H]3C[C@H](NC(=O)CN)[C@]12C. The normalized spacial score (nSPS) is 41.2. The van der Waals surface area contributed by atoms with Crippen LogP contribution >= 0.6 is 0 Å². The maximum Gasteiger partial charge on any atom is 0.233 e. The van der Waals surface area contributed by atoms with E-state index < -0.39 is 0 Å². The van der Waals surface area contributed by atoms with Crippen LogP contribution < -0.4 is 33.2 Å². The van der Waals surface area contributed by atoms with Gasteiger partial charge in [-0.2, -0.15) is 0 Å². The average Bonchev–Trinajstić information content (AvgIpc) is 3.30. The van der Waals surface area contributed by atoms with Gasteiger partial charge in [-0.1, -0.05) is 20.8 Å². The second kappa shape index (κ2) is 12.6. The lowest BCUT2D eigenvalue weighted by atomic mass is 9.42. The number of nitrogens with one attached hydrogen (secondary N) is 3. The number of hydrogen-bond acceptors (Lipinski definition) is 7. The highest BCUT2D eigenvalue weighted by Crippen LogP contribution is 2.68. The first kappa shape index (κ1) is 31.2. The smallest absolute Gasteiger partial charge is 0.233 e. The van der Waals surface area contributed by atoms with Gasteiger partial charge in [0.15, 0.2) is 0 Å². The van der Waals surface area contributed by atoms with E-state index in [0.717, 1.165) is 57.8 Å². The maximum atomic E-state index is 12.8. The second-order valence-corrected chi connectivity index (χ2v) is 13.8. The van der Waals surface area contributed by atoms with Gasteiger partial charge in [-0.05, 0) is 104 Å². The Hall–Kier alpha value is -1.75. The molecule has 11 atom stereocenters. The molecular formula is C30H54N6O4. The molecule has 0 bridgehead atoms. The first-order valence-electron chi connectivity index (χ1n) is 15.6. The van der Waals surface area contributed by atoms with Crippen molar-refractivity contribution in [3.05, 3.63) is 0 Å². The predicted octanol–water partition coefficient (Wildman–Crippen LogP) is 0.604. The molecule has 0 spiro atoms. The molecule has 4 rings (SSSR count). The van der Waals surface area contributed by atoms with Crippen LogP contribution in [0.15, 0.2) is 0 Å². The van der Waals surface area contributed by atoms with Crippen LogP contribution in [-0.4, -0.2) is 67.2 Å². The van der Waals surface area contributed by atoms with Crippen LogP contribution in [0, 0.1) is 46.3 Å². The summed E-state index contributed by atoms with van der Waals surface area (Å²) >= 11 is 0. The predicted molar refractivity (Wildman–Crippen MR) is 154 cm³/mol. The zero-order chi connectivity index (χ0) is 29.2. The van der Waals surface area contributed by atoms with Gasteiger partial charge in [0.1, 0.15) is 0 Å². The highest BCUT2D eigenvalue weighted by molar-refractivity contribution is 5.79. The largest absolute Gasteiger partial charge is 0.396 e. The lowest BCUT2D eigenvalue weighted by Crippen LogP contribution is -2.68. The number of aliphatic hydroxyl groups excluding tert-OH is 1. The summed E-state index contributed by atoms with van der Waals surface area (Å²) in [6, 6.07) is 0.0846. The Balaban J connectivity index is 1.72. The number of carbonyl (C=O) groups excluding carboxylic acids is 3. The van der Waals surface area contributed by atoms with Gasteiger partial charge in [-0.25, -0.2) is 0 Å². The van der Waals surface area contributed by atoms with Crippen molar-refractivity contribution in [2.45, 2.75) is 96.7 Å². The number of aliphatic hydroxyl groups is 1. The van der Waals surface area contributed by atoms with Crippen LogP contribution in [0.25, 0.3) is 0 Å². The molecule has 40 heavy (non-hydrogen) atoms. The Morgan fingerprint density at radius 3 is 2.17 bits per heavy atom. The summed E-state index contributed by atoms with van der Waals surface area (Å²) in [5.41, 5.74) is 17.1. The first-order chi connectivity index (χ1) is 19.0. The van der Waals surface area contributed by atoms with E-state index in [-0.39, 0.29) is 78.8 Å². The van der Waals surface area contributed by atoms with Crippen molar-refractivity contribution in [1.29, 1.82) is 0 Å². The number of fused-ring (bicyclic) bond motifs is 5. The fourth-order valence-electron chi connectivity index (χ4n) is 10.2.